The van der Waals surface area contributed by atoms with Crippen LogP contribution in [-0.4, -0.2) is 19.7 Å². The highest BCUT2D eigenvalue weighted by atomic mass is 79.9. The quantitative estimate of drug-likeness (QED) is 0.792. The van der Waals surface area contributed by atoms with E-state index in [0.29, 0.717) is 0 Å². The van der Waals surface area contributed by atoms with Crippen LogP contribution in [0.5, 0.6) is 0 Å². The first kappa shape index (κ1) is 15.0. The first-order valence-corrected chi connectivity index (χ1v) is 9.06. The van der Waals surface area contributed by atoms with E-state index in [4.69, 9.17) is 0 Å². The van der Waals surface area contributed by atoms with Crippen molar-refractivity contribution in [1.29, 1.82) is 0 Å². The van der Waals surface area contributed by atoms with Gasteiger partial charge in [-0.05, 0) is 63.8 Å². The smallest absolute Gasteiger partial charge is 0.145 e. The first-order chi connectivity index (χ1) is 9.86. The highest BCUT2D eigenvalue weighted by Crippen LogP contribution is 2.31. The lowest BCUT2D eigenvalue weighted by Crippen LogP contribution is -2.22. The van der Waals surface area contributed by atoms with Crippen molar-refractivity contribution in [2.45, 2.75) is 44.8 Å². The van der Waals surface area contributed by atoms with Crippen molar-refractivity contribution in [2.24, 2.45) is 4.40 Å². The number of benzene rings is 1. The predicted molar refractivity (Wildman–Crippen MR) is 93.4 cm³/mol. The van der Waals surface area contributed by atoms with E-state index in [-0.39, 0.29) is 4.75 Å². The van der Waals surface area contributed by atoms with Crippen LogP contribution in [0, 0.1) is 0 Å². The highest BCUT2D eigenvalue weighted by Gasteiger charge is 2.24. The summed E-state index contributed by atoms with van der Waals surface area (Å²) in [6, 6.07) is 6.26. The topological polar surface area (TPSA) is 45.2 Å². The molecule has 0 fully saturated rings. The Labute approximate surface area is 136 Å². The summed E-state index contributed by atoms with van der Waals surface area (Å²) < 4.78 is 17.6. The van der Waals surface area contributed by atoms with Gasteiger partial charge in [-0.3, -0.25) is 0 Å². The Morgan fingerprint density at radius 2 is 2.05 bits per heavy atom. The average Bonchev–Trinajstić information content (AvgIpc) is 2.77. The van der Waals surface area contributed by atoms with Crippen LogP contribution in [0.4, 0.5) is 0 Å². The SMILES string of the molecule is CC(C)(C)[S@](=O)N=C1CCCc2c1[nH]c1ccc(Br)cc21. The van der Waals surface area contributed by atoms with Crippen LogP contribution in [0.3, 0.4) is 0 Å². The third kappa shape index (κ3) is 2.86. The van der Waals surface area contributed by atoms with Crippen molar-refractivity contribution in [2.75, 3.05) is 0 Å². The summed E-state index contributed by atoms with van der Waals surface area (Å²) in [6.07, 6.45) is 3.00. The molecule has 5 heteroatoms. The molecule has 1 aromatic carbocycles. The Morgan fingerprint density at radius 1 is 1.29 bits per heavy atom. The van der Waals surface area contributed by atoms with Gasteiger partial charge in [0.25, 0.3) is 0 Å². The Kier molecular flexibility index (Phi) is 3.82. The molecule has 0 spiro atoms. The maximum Gasteiger partial charge on any atom is 0.145 e. The van der Waals surface area contributed by atoms with E-state index in [1.165, 1.54) is 10.9 Å². The minimum atomic E-state index is -1.21. The van der Waals surface area contributed by atoms with Gasteiger partial charge in [-0.1, -0.05) is 15.9 Å². The predicted octanol–water partition coefficient (Wildman–Crippen LogP) is 4.52. The van der Waals surface area contributed by atoms with Gasteiger partial charge < -0.3 is 4.98 Å². The molecular weight excluding hydrogens is 348 g/mol. The van der Waals surface area contributed by atoms with Crippen LogP contribution in [0.25, 0.3) is 10.9 Å². The van der Waals surface area contributed by atoms with Gasteiger partial charge in [0.05, 0.1) is 16.2 Å². The summed E-state index contributed by atoms with van der Waals surface area (Å²) in [5.74, 6) is 0. The second-order valence-electron chi connectivity index (χ2n) is 6.42. The number of hydrogen-bond acceptors (Lipinski definition) is 1. The zero-order chi connectivity index (χ0) is 15.2. The standard InChI is InChI=1S/C16H19BrN2OS/c1-16(2,3)21(20)19-14-6-4-5-11-12-9-10(17)7-8-13(12)18-15(11)14/h7-9,18H,4-6H2,1-3H3/t21-/m0/s1. The van der Waals surface area contributed by atoms with Crippen molar-refractivity contribution >= 4 is 43.5 Å². The fraction of sp³-hybridized carbons (Fsp3) is 0.438. The Balaban J connectivity index is 2.12. The molecule has 0 amide bonds. The lowest BCUT2D eigenvalue weighted by Gasteiger charge is -2.18. The average molecular weight is 367 g/mol. The van der Waals surface area contributed by atoms with Crippen LogP contribution in [-0.2, 0) is 17.4 Å². The van der Waals surface area contributed by atoms with Gasteiger partial charge in [-0.2, -0.15) is 4.40 Å². The number of fused-ring (bicyclic) bond motifs is 3. The molecule has 1 aromatic heterocycles. The Bertz CT molecular complexity index is 755. The maximum atomic E-state index is 12.3. The van der Waals surface area contributed by atoms with Crippen molar-refractivity contribution < 1.29 is 4.21 Å². The van der Waals surface area contributed by atoms with E-state index in [2.05, 4.69) is 37.4 Å². The third-order valence-electron chi connectivity index (χ3n) is 3.71. The molecule has 112 valence electrons. The molecule has 3 rings (SSSR count). The normalized spacial score (nSPS) is 19.0. The largest absolute Gasteiger partial charge is 0.353 e. The second-order valence-corrected chi connectivity index (χ2v) is 9.24. The number of nitrogens with zero attached hydrogens (tertiary/aromatic N) is 1. The first-order valence-electron chi connectivity index (χ1n) is 7.16. The summed E-state index contributed by atoms with van der Waals surface area (Å²) in [7, 11) is -1.21. The van der Waals surface area contributed by atoms with E-state index in [0.717, 1.165) is 40.7 Å². The van der Waals surface area contributed by atoms with Crippen LogP contribution >= 0.6 is 15.9 Å². The van der Waals surface area contributed by atoms with E-state index in [1.54, 1.807) is 0 Å². The summed E-state index contributed by atoms with van der Waals surface area (Å²) >= 11 is 3.53. The molecule has 1 atom stereocenters. The second kappa shape index (κ2) is 5.36. The van der Waals surface area contributed by atoms with E-state index >= 15 is 0 Å². The van der Waals surface area contributed by atoms with Gasteiger partial charge in [0.1, 0.15) is 11.0 Å². The minimum Gasteiger partial charge on any atom is -0.353 e. The number of rotatable bonds is 1. The summed E-state index contributed by atoms with van der Waals surface area (Å²) in [5, 5.41) is 1.24. The number of aromatic nitrogens is 1. The van der Waals surface area contributed by atoms with E-state index in [1.807, 2.05) is 26.8 Å². The van der Waals surface area contributed by atoms with Gasteiger partial charge >= 0.3 is 0 Å². The zero-order valence-corrected chi connectivity index (χ0v) is 14.9. The molecule has 1 heterocycles. The molecule has 0 bridgehead atoms. The lowest BCUT2D eigenvalue weighted by atomic mass is 9.94. The van der Waals surface area contributed by atoms with Gasteiger partial charge in [0.15, 0.2) is 0 Å². The lowest BCUT2D eigenvalue weighted by molar-refractivity contribution is 0.650. The molecule has 0 aliphatic heterocycles. The minimum absolute atomic E-state index is 0.320. The van der Waals surface area contributed by atoms with Crippen molar-refractivity contribution in [3.05, 3.63) is 33.9 Å². The van der Waals surface area contributed by atoms with Crippen LogP contribution < -0.4 is 0 Å². The van der Waals surface area contributed by atoms with Crippen LogP contribution in [0.15, 0.2) is 27.1 Å². The zero-order valence-electron chi connectivity index (χ0n) is 12.5. The number of aryl methyl sites for hydroxylation is 1. The fourth-order valence-corrected chi connectivity index (χ4v) is 3.63. The third-order valence-corrected chi connectivity index (χ3v) is 5.64. The number of aromatic amines is 1. The molecule has 2 aromatic rings. The highest BCUT2D eigenvalue weighted by molar-refractivity contribution is 9.10. The molecular formula is C16H19BrN2OS. The van der Waals surface area contributed by atoms with E-state index < -0.39 is 11.0 Å². The summed E-state index contributed by atoms with van der Waals surface area (Å²) in [5.41, 5.74) is 4.46. The van der Waals surface area contributed by atoms with Crippen molar-refractivity contribution in [1.82, 2.24) is 4.98 Å². The molecule has 1 aliphatic rings. The molecule has 1 aliphatic carbocycles. The van der Waals surface area contributed by atoms with E-state index in [9.17, 15) is 4.21 Å². The number of nitrogens with one attached hydrogen (secondary N) is 1. The number of H-pyrrole nitrogens is 1. The molecule has 1 N–H and O–H groups in total. The van der Waals surface area contributed by atoms with Crippen LogP contribution in [0.2, 0.25) is 0 Å². The Morgan fingerprint density at radius 3 is 2.76 bits per heavy atom. The molecule has 0 saturated carbocycles. The molecule has 21 heavy (non-hydrogen) atoms. The maximum absolute atomic E-state index is 12.3. The number of hydrogen-bond donors (Lipinski definition) is 1. The summed E-state index contributed by atoms with van der Waals surface area (Å²) in [6.45, 7) is 5.87. The summed E-state index contributed by atoms with van der Waals surface area (Å²) in [4.78, 5) is 3.46. The van der Waals surface area contributed by atoms with Gasteiger partial charge in [0.2, 0.25) is 0 Å². The molecule has 0 radical (unpaired) electrons. The van der Waals surface area contributed by atoms with Crippen LogP contribution in [0.1, 0.15) is 44.9 Å². The van der Waals surface area contributed by atoms with Gasteiger partial charge in [-0.25, -0.2) is 4.21 Å². The molecule has 3 nitrogen and oxygen atoms in total. The Hall–Kier alpha value is -0.940. The molecule has 0 saturated heterocycles. The number of halogens is 1. The van der Waals surface area contributed by atoms with Crippen molar-refractivity contribution in [3.63, 3.8) is 0 Å². The molecule has 0 unspecified atom stereocenters. The van der Waals surface area contributed by atoms with Crippen molar-refractivity contribution in [3.8, 4) is 0 Å². The van der Waals surface area contributed by atoms with Gasteiger partial charge in [0, 0.05) is 15.4 Å². The fourth-order valence-electron chi connectivity index (χ4n) is 2.61. The monoisotopic (exact) mass is 366 g/mol. The van der Waals surface area contributed by atoms with Gasteiger partial charge in [-0.15, -0.1) is 0 Å².